The van der Waals surface area contributed by atoms with E-state index in [1.54, 1.807) is 43.4 Å². The summed E-state index contributed by atoms with van der Waals surface area (Å²) >= 11 is 0. The van der Waals surface area contributed by atoms with Gasteiger partial charge in [-0.25, -0.2) is 0 Å². The highest BCUT2D eigenvalue weighted by Gasteiger charge is 2.18. The summed E-state index contributed by atoms with van der Waals surface area (Å²) in [7, 11) is 1.60. The highest BCUT2D eigenvalue weighted by Crippen LogP contribution is 2.39. The number of carbonyl (C=O) groups is 2. The van der Waals surface area contributed by atoms with Crippen molar-refractivity contribution in [1.82, 2.24) is 5.32 Å². The highest BCUT2D eigenvalue weighted by atomic mass is 16.5. The molecule has 0 radical (unpaired) electrons. The van der Waals surface area contributed by atoms with Gasteiger partial charge >= 0.3 is 0 Å². The third kappa shape index (κ3) is 6.14. The van der Waals surface area contributed by atoms with Gasteiger partial charge in [0.05, 0.1) is 26.2 Å². The van der Waals surface area contributed by atoms with Crippen LogP contribution in [-0.2, 0) is 11.2 Å². The molecule has 0 unspecified atom stereocenters. The molecule has 0 bridgehead atoms. The van der Waals surface area contributed by atoms with Gasteiger partial charge in [0.15, 0.2) is 11.5 Å². The molecular weight excluding hydrogens is 372 g/mol. The van der Waals surface area contributed by atoms with Gasteiger partial charge in [0, 0.05) is 18.3 Å². The first kappa shape index (κ1) is 22.1. The van der Waals surface area contributed by atoms with Crippen molar-refractivity contribution in [2.75, 3.05) is 32.2 Å². The zero-order valence-electron chi connectivity index (χ0n) is 17.3. The number of carbonyl (C=O) groups excluding carboxylic acids is 2. The molecule has 0 saturated carbocycles. The highest BCUT2D eigenvalue weighted by molar-refractivity contribution is 6.05. The fourth-order valence-corrected chi connectivity index (χ4v) is 2.70. The van der Waals surface area contributed by atoms with E-state index < -0.39 is 0 Å². The zero-order chi connectivity index (χ0) is 21.2. The molecule has 2 aromatic rings. The Morgan fingerprint density at radius 2 is 1.41 bits per heavy atom. The Hall–Kier alpha value is -3.22. The maximum Gasteiger partial charge on any atom is 0.255 e. The lowest BCUT2D eigenvalue weighted by Gasteiger charge is -2.17. The summed E-state index contributed by atoms with van der Waals surface area (Å²) in [6.45, 7) is 6.92. The predicted molar refractivity (Wildman–Crippen MR) is 112 cm³/mol. The van der Waals surface area contributed by atoms with E-state index in [0.717, 1.165) is 5.56 Å². The molecule has 7 nitrogen and oxygen atoms in total. The van der Waals surface area contributed by atoms with E-state index in [0.29, 0.717) is 54.7 Å². The molecule has 0 saturated heterocycles. The summed E-state index contributed by atoms with van der Waals surface area (Å²) in [4.78, 5) is 24.2. The molecule has 2 aromatic carbocycles. The van der Waals surface area contributed by atoms with Crippen LogP contribution in [0, 0.1) is 0 Å². The molecule has 0 aliphatic heterocycles. The van der Waals surface area contributed by atoms with E-state index in [1.807, 2.05) is 20.8 Å². The first-order chi connectivity index (χ1) is 14.0. The smallest absolute Gasteiger partial charge is 0.255 e. The Labute approximate surface area is 171 Å². The molecule has 2 N–H and O–H groups in total. The van der Waals surface area contributed by atoms with Crippen LogP contribution in [0.3, 0.4) is 0 Å². The van der Waals surface area contributed by atoms with Crippen LogP contribution >= 0.6 is 0 Å². The molecule has 0 spiro atoms. The molecular formula is C22H28N2O5. The summed E-state index contributed by atoms with van der Waals surface area (Å²) in [5.74, 6) is 1.06. The van der Waals surface area contributed by atoms with Gasteiger partial charge in [0.2, 0.25) is 11.7 Å². The first-order valence-corrected chi connectivity index (χ1v) is 9.69. The number of likely N-dealkylation sites (N-methyl/N-ethyl adjacent to an activating group) is 1. The minimum absolute atomic E-state index is 0.0666. The number of hydrogen-bond donors (Lipinski definition) is 2. The average molecular weight is 400 g/mol. The summed E-state index contributed by atoms with van der Waals surface area (Å²) in [6, 6.07) is 10.4. The molecule has 7 heteroatoms. The normalized spacial score (nSPS) is 10.2. The van der Waals surface area contributed by atoms with Crippen molar-refractivity contribution in [3.8, 4) is 17.2 Å². The first-order valence-electron chi connectivity index (χ1n) is 9.69. The van der Waals surface area contributed by atoms with E-state index in [9.17, 15) is 9.59 Å². The van der Waals surface area contributed by atoms with Crippen molar-refractivity contribution in [1.29, 1.82) is 0 Å². The molecule has 0 atom stereocenters. The van der Waals surface area contributed by atoms with Gasteiger partial charge in [-0.1, -0.05) is 12.1 Å². The number of nitrogens with one attached hydrogen (secondary N) is 2. The Balaban J connectivity index is 2.23. The molecule has 0 aromatic heterocycles. The van der Waals surface area contributed by atoms with Gasteiger partial charge < -0.3 is 24.8 Å². The van der Waals surface area contributed by atoms with Gasteiger partial charge in [-0.3, -0.25) is 9.59 Å². The van der Waals surface area contributed by atoms with Crippen LogP contribution in [0.4, 0.5) is 5.69 Å². The topological polar surface area (TPSA) is 85.9 Å². The van der Waals surface area contributed by atoms with Gasteiger partial charge in [0.1, 0.15) is 0 Å². The lowest BCUT2D eigenvalue weighted by molar-refractivity contribution is -0.119. The molecule has 29 heavy (non-hydrogen) atoms. The van der Waals surface area contributed by atoms with Crippen molar-refractivity contribution >= 4 is 17.5 Å². The zero-order valence-corrected chi connectivity index (χ0v) is 17.3. The number of amides is 2. The Morgan fingerprint density at radius 1 is 0.862 bits per heavy atom. The molecule has 0 aliphatic rings. The molecule has 0 aliphatic carbocycles. The van der Waals surface area contributed by atoms with Gasteiger partial charge in [-0.05, 0) is 50.6 Å². The lowest BCUT2D eigenvalue weighted by atomic mass is 10.1. The second-order valence-electron chi connectivity index (χ2n) is 6.10. The third-order valence-electron chi connectivity index (χ3n) is 4.03. The van der Waals surface area contributed by atoms with Gasteiger partial charge in [-0.15, -0.1) is 0 Å². The van der Waals surface area contributed by atoms with E-state index in [1.165, 1.54) is 0 Å². The summed E-state index contributed by atoms with van der Waals surface area (Å²) in [5, 5.41) is 5.44. The number of anilines is 1. The van der Waals surface area contributed by atoms with Crippen LogP contribution in [0.2, 0.25) is 0 Å². The number of rotatable bonds is 10. The van der Waals surface area contributed by atoms with Crippen LogP contribution < -0.4 is 24.8 Å². The average Bonchev–Trinajstić information content (AvgIpc) is 2.71. The maximum atomic E-state index is 12.8. The lowest BCUT2D eigenvalue weighted by Crippen LogP contribution is -2.19. The Bertz CT molecular complexity index is 807. The second kappa shape index (κ2) is 10.9. The van der Waals surface area contributed by atoms with Crippen molar-refractivity contribution in [2.24, 2.45) is 0 Å². The number of hydrogen-bond acceptors (Lipinski definition) is 5. The van der Waals surface area contributed by atoms with Crippen LogP contribution in [0.1, 0.15) is 36.7 Å². The monoisotopic (exact) mass is 400 g/mol. The van der Waals surface area contributed by atoms with Crippen molar-refractivity contribution < 1.29 is 23.8 Å². The van der Waals surface area contributed by atoms with Crippen LogP contribution in [0.5, 0.6) is 17.2 Å². The van der Waals surface area contributed by atoms with Crippen LogP contribution in [-0.4, -0.2) is 38.7 Å². The van der Waals surface area contributed by atoms with Gasteiger partial charge in [0.25, 0.3) is 5.91 Å². The molecule has 0 fully saturated rings. The van der Waals surface area contributed by atoms with Crippen LogP contribution in [0.15, 0.2) is 36.4 Å². The molecule has 156 valence electrons. The molecule has 2 amide bonds. The van der Waals surface area contributed by atoms with E-state index in [-0.39, 0.29) is 11.8 Å². The van der Waals surface area contributed by atoms with Gasteiger partial charge in [-0.2, -0.15) is 0 Å². The largest absolute Gasteiger partial charge is 0.490 e. The fourth-order valence-electron chi connectivity index (χ4n) is 2.70. The standard InChI is InChI=1S/C22H28N2O5/c1-5-27-18-13-16(14-19(28-6-2)21(18)29-7-3)22(26)24-17-10-8-15(9-11-17)12-20(25)23-4/h8-11,13-14H,5-7,12H2,1-4H3,(H,23,25)(H,24,26). The minimum atomic E-state index is -0.297. The molecule has 0 heterocycles. The fraction of sp³-hybridized carbons (Fsp3) is 0.364. The Morgan fingerprint density at radius 3 is 1.90 bits per heavy atom. The Kier molecular flexibility index (Phi) is 8.33. The minimum Gasteiger partial charge on any atom is -0.490 e. The molecule has 2 rings (SSSR count). The quantitative estimate of drug-likeness (QED) is 0.638. The summed E-state index contributed by atoms with van der Waals surface area (Å²) < 4.78 is 17.0. The third-order valence-corrected chi connectivity index (χ3v) is 4.03. The van der Waals surface area contributed by atoms with E-state index >= 15 is 0 Å². The van der Waals surface area contributed by atoms with Crippen molar-refractivity contribution in [3.05, 3.63) is 47.5 Å². The predicted octanol–water partition coefficient (Wildman–Crippen LogP) is 3.42. The second-order valence-corrected chi connectivity index (χ2v) is 6.10. The summed E-state index contributed by atoms with van der Waals surface area (Å²) in [5.41, 5.74) is 1.89. The van der Waals surface area contributed by atoms with Crippen LogP contribution in [0.25, 0.3) is 0 Å². The number of ether oxygens (including phenoxy) is 3. The van der Waals surface area contributed by atoms with Crippen molar-refractivity contribution in [2.45, 2.75) is 27.2 Å². The summed E-state index contributed by atoms with van der Waals surface area (Å²) in [6.07, 6.45) is 0.291. The van der Waals surface area contributed by atoms with E-state index in [2.05, 4.69) is 10.6 Å². The maximum absolute atomic E-state index is 12.8. The SMILES string of the molecule is CCOc1cc(C(=O)Nc2ccc(CC(=O)NC)cc2)cc(OCC)c1OCC. The van der Waals surface area contributed by atoms with Crippen molar-refractivity contribution in [3.63, 3.8) is 0 Å². The number of benzene rings is 2. The van der Waals surface area contributed by atoms with E-state index in [4.69, 9.17) is 14.2 Å².